The molecule has 0 aromatic carbocycles. The number of esters is 1. The van der Waals surface area contributed by atoms with Crippen molar-refractivity contribution >= 4 is 25.9 Å². The summed E-state index contributed by atoms with van der Waals surface area (Å²) in [6.07, 6.45) is 2.34. The number of Topliss-reactive ketones (excluding diaryl/α,β-unsaturated/α-hetero) is 1. The number of methoxy groups -OCH3 is 1. The number of fused-ring (bicyclic) bond motifs is 2. The maximum absolute atomic E-state index is 13.3. The number of carbonyl (C=O) groups is 3. The molecule has 0 N–H and O–H groups in total. The number of ketones is 2. The lowest BCUT2D eigenvalue weighted by Crippen LogP contribution is -2.69. The molecule has 2 fully saturated rings. The van der Waals surface area contributed by atoms with E-state index in [1.807, 2.05) is 13.1 Å². The highest BCUT2D eigenvalue weighted by Gasteiger charge is 2.72. The van der Waals surface area contributed by atoms with Crippen molar-refractivity contribution in [1.82, 2.24) is 0 Å². The maximum atomic E-state index is 13.3. The zero-order valence-electron chi connectivity index (χ0n) is 17.5. The van der Waals surface area contributed by atoms with Crippen molar-refractivity contribution < 1.29 is 33.0 Å². The van der Waals surface area contributed by atoms with E-state index in [-0.39, 0.29) is 29.4 Å². The van der Waals surface area contributed by atoms with E-state index in [1.165, 1.54) is 13.2 Å². The van der Waals surface area contributed by atoms with E-state index in [9.17, 15) is 14.4 Å². The summed E-state index contributed by atoms with van der Waals surface area (Å²) >= 11 is 0. The summed E-state index contributed by atoms with van der Waals surface area (Å²) in [7, 11) is -1.15. The van der Waals surface area contributed by atoms with Crippen LogP contribution >= 0.6 is 0 Å². The van der Waals surface area contributed by atoms with Gasteiger partial charge >= 0.3 is 5.97 Å². The molecule has 156 valence electrons. The normalized spacial score (nSPS) is 32.5. The summed E-state index contributed by atoms with van der Waals surface area (Å²) in [5.74, 6) is -3.89. The largest absolute Gasteiger partial charge is 0.468 e. The number of ether oxygens (including phenoxy) is 3. The molecule has 28 heavy (non-hydrogen) atoms. The molecule has 1 saturated heterocycles. The Hall–Kier alpha value is -1.35. The second kappa shape index (κ2) is 6.86. The van der Waals surface area contributed by atoms with Crippen LogP contribution in [0.3, 0.4) is 0 Å². The molecule has 2 aliphatic carbocycles. The fraction of sp³-hybridized carbons (Fsp3) is 0.750. The molecule has 1 aliphatic heterocycles. The lowest BCUT2D eigenvalue weighted by atomic mass is 9.56. The molecule has 0 aromatic heterocycles. The van der Waals surface area contributed by atoms with Crippen LogP contribution in [0.15, 0.2) is 12.2 Å². The Morgan fingerprint density at radius 1 is 1.21 bits per heavy atom. The summed E-state index contributed by atoms with van der Waals surface area (Å²) in [6.45, 7) is 10.9. The van der Waals surface area contributed by atoms with E-state index in [1.54, 1.807) is 6.08 Å². The van der Waals surface area contributed by atoms with Crippen LogP contribution < -0.4 is 0 Å². The molecule has 1 heterocycles. The second-order valence-corrected chi connectivity index (χ2v) is 14.0. The van der Waals surface area contributed by atoms with Crippen molar-refractivity contribution in [3.8, 4) is 0 Å². The van der Waals surface area contributed by atoms with Crippen molar-refractivity contribution in [2.75, 3.05) is 20.3 Å². The fourth-order valence-electron chi connectivity index (χ4n) is 4.27. The summed E-state index contributed by atoms with van der Waals surface area (Å²) in [6, 6.07) is 0. The highest BCUT2D eigenvalue weighted by molar-refractivity contribution is 6.74. The highest BCUT2D eigenvalue weighted by Crippen LogP contribution is 2.55. The first-order chi connectivity index (χ1) is 12.9. The van der Waals surface area contributed by atoms with E-state index in [2.05, 4.69) is 20.8 Å². The third-order valence-corrected chi connectivity index (χ3v) is 11.2. The number of hydrogen-bond acceptors (Lipinski definition) is 7. The van der Waals surface area contributed by atoms with Gasteiger partial charge in [0.05, 0.1) is 26.4 Å². The van der Waals surface area contributed by atoms with E-state index in [4.69, 9.17) is 18.6 Å². The zero-order chi connectivity index (χ0) is 21.0. The van der Waals surface area contributed by atoms with Gasteiger partial charge in [-0.05, 0) is 24.2 Å². The van der Waals surface area contributed by atoms with Crippen molar-refractivity contribution in [3.05, 3.63) is 12.2 Å². The third-order valence-electron chi connectivity index (χ3n) is 6.75. The van der Waals surface area contributed by atoms with E-state index in [0.29, 0.717) is 13.2 Å². The molecule has 8 heteroatoms. The predicted octanol–water partition coefficient (Wildman–Crippen LogP) is 2.40. The van der Waals surface area contributed by atoms with Crippen LogP contribution in [-0.4, -0.2) is 58.1 Å². The summed E-state index contributed by atoms with van der Waals surface area (Å²) in [5, 5.41) is -0.148. The molecule has 3 aliphatic rings. The lowest BCUT2D eigenvalue weighted by Gasteiger charge is -2.53. The molecule has 0 radical (unpaired) electrons. The molecular formula is C20H30O7Si. The molecule has 0 aromatic rings. The Morgan fingerprint density at radius 2 is 1.82 bits per heavy atom. The number of hydrogen-bond donors (Lipinski definition) is 0. The van der Waals surface area contributed by atoms with Gasteiger partial charge in [-0.2, -0.15) is 0 Å². The Bertz CT molecular complexity index is 705. The van der Waals surface area contributed by atoms with Gasteiger partial charge in [-0.25, -0.2) is 0 Å². The first kappa shape index (κ1) is 21.4. The average Bonchev–Trinajstić information content (AvgIpc) is 3.07. The van der Waals surface area contributed by atoms with Crippen molar-refractivity contribution in [3.63, 3.8) is 0 Å². The topological polar surface area (TPSA) is 88.1 Å². The van der Waals surface area contributed by atoms with Gasteiger partial charge < -0.3 is 18.6 Å². The van der Waals surface area contributed by atoms with E-state index < -0.39 is 37.5 Å². The van der Waals surface area contributed by atoms with E-state index >= 15 is 0 Å². The molecule has 0 bridgehead atoms. The van der Waals surface area contributed by atoms with Crippen LogP contribution in [0.2, 0.25) is 18.1 Å². The molecule has 1 spiro atoms. The molecule has 7 nitrogen and oxygen atoms in total. The Kier molecular flexibility index (Phi) is 5.23. The highest BCUT2D eigenvalue weighted by atomic mass is 28.4. The monoisotopic (exact) mass is 410 g/mol. The quantitative estimate of drug-likeness (QED) is 0.401. The predicted molar refractivity (Wildman–Crippen MR) is 103 cm³/mol. The van der Waals surface area contributed by atoms with Crippen LogP contribution in [0.25, 0.3) is 0 Å². The minimum absolute atomic E-state index is 0.0596. The molecule has 3 atom stereocenters. The van der Waals surface area contributed by atoms with Crippen molar-refractivity contribution in [2.45, 2.75) is 63.6 Å². The van der Waals surface area contributed by atoms with Gasteiger partial charge in [0.25, 0.3) is 0 Å². The smallest absolute Gasteiger partial charge is 0.323 e. The van der Waals surface area contributed by atoms with Gasteiger partial charge in [0.2, 0.25) is 0 Å². The van der Waals surface area contributed by atoms with Crippen LogP contribution in [0, 0.1) is 11.3 Å². The van der Waals surface area contributed by atoms with Crippen LogP contribution in [0.1, 0.15) is 33.6 Å². The second-order valence-electron chi connectivity index (χ2n) is 9.29. The van der Waals surface area contributed by atoms with Gasteiger partial charge in [-0.1, -0.05) is 26.8 Å². The van der Waals surface area contributed by atoms with Crippen molar-refractivity contribution in [1.29, 1.82) is 0 Å². The molecular weight excluding hydrogens is 380 g/mol. The SMILES string of the molecule is COC(=O)[C@@]12C(=O)CCC3(OCCO3)[C@@H]1C(=O)C=C[C@H]2O[Si](C)(C)C(C)(C)C. The van der Waals surface area contributed by atoms with Gasteiger partial charge in [0.15, 0.2) is 31.1 Å². The molecule has 3 rings (SSSR count). The molecule has 0 unspecified atom stereocenters. The number of carbonyl (C=O) groups excluding carboxylic acids is 3. The first-order valence-electron chi connectivity index (χ1n) is 9.72. The van der Waals surface area contributed by atoms with Crippen molar-refractivity contribution in [2.24, 2.45) is 11.3 Å². The van der Waals surface area contributed by atoms with E-state index in [0.717, 1.165) is 0 Å². The Labute approximate surface area is 166 Å². The van der Waals surface area contributed by atoms with Gasteiger partial charge in [-0.15, -0.1) is 0 Å². The van der Waals surface area contributed by atoms with Crippen LogP contribution in [0.5, 0.6) is 0 Å². The first-order valence-corrected chi connectivity index (χ1v) is 12.6. The van der Waals surface area contributed by atoms with Crippen LogP contribution in [0.4, 0.5) is 0 Å². The zero-order valence-corrected chi connectivity index (χ0v) is 18.5. The van der Waals surface area contributed by atoms with Gasteiger partial charge in [0.1, 0.15) is 5.92 Å². The summed E-state index contributed by atoms with van der Waals surface area (Å²) < 4.78 is 23.3. The minimum Gasteiger partial charge on any atom is -0.468 e. The Balaban J connectivity index is 2.18. The van der Waals surface area contributed by atoms with Crippen LogP contribution in [-0.2, 0) is 33.0 Å². The summed E-state index contributed by atoms with van der Waals surface area (Å²) in [4.78, 5) is 39.5. The van der Waals surface area contributed by atoms with Gasteiger partial charge in [-0.3, -0.25) is 14.4 Å². The Morgan fingerprint density at radius 3 is 2.36 bits per heavy atom. The standard InChI is InChI=1S/C20H30O7Si/c1-18(2,3)28(5,6)27-15-8-7-13(21)16-19(25-11-12-26-19)10-9-14(22)20(15,16)17(23)24-4/h7-8,15-16H,9-12H2,1-6H3/t15-,16+,20-/m1/s1. The average molecular weight is 411 g/mol. The third kappa shape index (κ3) is 2.92. The lowest BCUT2D eigenvalue weighted by molar-refractivity contribution is -0.244. The maximum Gasteiger partial charge on any atom is 0.323 e. The number of allylic oxidation sites excluding steroid dienone is 1. The molecule has 0 amide bonds. The number of rotatable bonds is 3. The molecule has 1 saturated carbocycles. The minimum atomic E-state index is -2.38. The summed E-state index contributed by atoms with van der Waals surface area (Å²) in [5.41, 5.74) is -1.79. The fourth-order valence-corrected chi connectivity index (χ4v) is 5.52. The van der Waals surface area contributed by atoms with Gasteiger partial charge in [0, 0.05) is 12.8 Å².